The third-order valence-corrected chi connectivity index (χ3v) is 2.87. The first-order valence-corrected chi connectivity index (χ1v) is 5.33. The smallest absolute Gasteiger partial charge is 0.302 e. The zero-order valence-corrected chi connectivity index (χ0v) is 8.90. The van der Waals surface area contributed by atoms with Crippen molar-refractivity contribution in [3.8, 4) is 0 Å². The standard InChI is InChI=1S/C9H8F3N3S/c10-9(11,12)5-14-4-8-15-6-3-13-2-1-7(6)16-8/h1-3,14H,4-5H2. The molecule has 7 heteroatoms. The number of nitrogens with one attached hydrogen (secondary N) is 1. The Kier molecular flexibility index (Phi) is 3.06. The summed E-state index contributed by atoms with van der Waals surface area (Å²) in [6.45, 7) is -0.875. The van der Waals surface area contributed by atoms with Crippen LogP contribution in [0.25, 0.3) is 10.2 Å². The van der Waals surface area contributed by atoms with Crippen LogP contribution >= 0.6 is 11.3 Å². The Morgan fingerprint density at radius 3 is 2.88 bits per heavy atom. The van der Waals surface area contributed by atoms with Gasteiger partial charge in [-0.3, -0.25) is 4.98 Å². The van der Waals surface area contributed by atoms with Crippen molar-refractivity contribution in [1.82, 2.24) is 15.3 Å². The van der Waals surface area contributed by atoms with Crippen LogP contribution in [0.3, 0.4) is 0 Å². The monoisotopic (exact) mass is 247 g/mol. The molecule has 0 bridgehead atoms. The van der Waals surface area contributed by atoms with Crippen LogP contribution in [0.1, 0.15) is 5.01 Å². The quantitative estimate of drug-likeness (QED) is 0.904. The molecule has 2 rings (SSSR count). The molecule has 0 spiro atoms. The number of fused-ring (bicyclic) bond motifs is 1. The lowest BCUT2D eigenvalue weighted by molar-refractivity contribution is -0.125. The van der Waals surface area contributed by atoms with Crippen LogP contribution < -0.4 is 5.32 Å². The molecule has 0 amide bonds. The highest BCUT2D eigenvalue weighted by atomic mass is 32.1. The Morgan fingerprint density at radius 2 is 2.19 bits per heavy atom. The summed E-state index contributed by atoms with van der Waals surface area (Å²) in [5.41, 5.74) is 0.719. The Hall–Kier alpha value is -1.21. The van der Waals surface area contributed by atoms with Crippen LogP contribution in [0.5, 0.6) is 0 Å². The van der Waals surface area contributed by atoms with Crippen LogP contribution in [0.2, 0.25) is 0 Å². The number of pyridine rings is 1. The molecule has 16 heavy (non-hydrogen) atoms. The van der Waals surface area contributed by atoms with Gasteiger partial charge in [0.25, 0.3) is 0 Å². The number of hydrogen-bond donors (Lipinski definition) is 1. The van der Waals surface area contributed by atoms with Crippen LogP contribution in [0, 0.1) is 0 Å². The summed E-state index contributed by atoms with van der Waals surface area (Å²) in [5, 5.41) is 2.94. The van der Waals surface area contributed by atoms with Gasteiger partial charge in [-0.15, -0.1) is 11.3 Å². The maximum atomic E-state index is 11.9. The normalized spacial score (nSPS) is 12.2. The maximum Gasteiger partial charge on any atom is 0.401 e. The second kappa shape index (κ2) is 4.34. The molecule has 2 heterocycles. The SMILES string of the molecule is FC(F)(F)CNCc1nc2cnccc2s1. The Labute approximate surface area is 93.3 Å². The molecule has 0 atom stereocenters. The van der Waals surface area contributed by atoms with Gasteiger partial charge in [0.15, 0.2) is 0 Å². The molecule has 2 aromatic heterocycles. The van der Waals surface area contributed by atoms with Crippen LogP contribution in [-0.4, -0.2) is 22.7 Å². The lowest BCUT2D eigenvalue weighted by atomic mass is 10.4. The summed E-state index contributed by atoms with van der Waals surface area (Å²) >= 11 is 1.37. The molecule has 3 nitrogen and oxygen atoms in total. The first kappa shape index (κ1) is 11.3. The fraction of sp³-hybridized carbons (Fsp3) is 0.333. The van der Waals surface area contributed by atoms with Gasteiger partial charge in [-0.2, -0.15) is 13.2 Å². The van der Waals surface area contributed by atoms with Crippen molar-refractivity contribution in [3.63, 3.8) is 0 Å². The maximum absolute atomic E-state index is 11.9. The van der Waals surface area contributed by atoms with Crippen molar-refractivity contribution < 1.29 is 13.2 Å². The van der Waals surface area contributed by atoms with Gasteiger partial charge in [0.2, 0.25) is 0 Å². The minimum absolute atomic E-state index is 0.124. The van der Waals surface area contributed by atoms with E-state index in [2.05, 4.69) is 15.3 Å². The molecular formula is C9H8F3N3S. The second-order valence-corrected chi connectivity index (χ2v) is 4.28. The number of alkyl halides is 3. The van der Waals surface area contributed by atoms with Crippen LogP contribution in [0.15, 0.2) is 18.5 Å². The first-order valence-electron chi connectivity index (χ1n) is 4.51. The Morgan fingerprint density at radius 1 is 1.38 bits per heavy atom. The molecule has 0 saturated heterocycles. The van der Waals surface area contributed by atoms with Crippen molar-refractivity contribution in [2.24, 2.45) is 0 Å². The summed E-state index contributed by atoms with van der Waals surface area (Å²) in [6.07, 6.45) is -0.954. The summed E-state index contributed by atoms with van der Waals surface area (Å²) in [7, 11) is 0. The number of nitrogens with zero attached hydrogens (tertiary/aromatic N) is 2. The number of hydrogen-bond acceptors (Lipinski definition) is 4. The lowest BCUT2D eigenvalue weighted by Crippen LogP contribution is -2.28. The van der Waals surface area contributed by atoms with Gasteiger partial charge in [0.05, 0.1) is 23.0 Å². The van der Waals surface area contributed by atoms with E-state index >= 15 is 0 Å². The zero-order chi connectivity index (χ0) is 11.6. The van der Waals surface area contributed by atoms with Gasteiger partial charge in [-0.1, -0.05) is 0 Å². The minimum Gasteiger partial charge on any atom is -0.302 e. The molecule has 1 N–H and O–H groups in total. The highest BCUT2D eigenvalue weighted by molar-refractivity contribution is 7.18. The predicted octanol–water partition coefficient (Wildman–Crippen LogP) is 2.34. The molecule has 86 valence electrons. The molecule has 0 saturated carbocycles. The highest BCUT2D eigenvalue weighted by Crippen LogP contribution is 2.20. The Bertz CT molecular complexity index is 447. The van der Waals surface area contributed by atoms with Crippen molar-refractivity contribution in [3.05, 3.63) is 23.5 Å². The number of thiazole rings is 1. The average molecular weight is 247 g/mol. The van der Waals surface area contributed by atoms with E-state index in [4.69, 9.17) is 0 Å². The molecule has 0 aromatic carbocycles. The number of aromatic nitrogens is 2. The third-order valence-electron chi connectivity index (χ3n) is 1.84. The fourth-order valence-corrected chi connectivity index (χ4v) is 2.12. The molecular weight excluding hydrogens is 239 g/mol. The second-order valence-electron chi connectivity index (χ2n) is 3.17. The molecule has 0 unspecified atom stereocenters. The van der Waals surface area contributed by atoms with E-state index in [1.54, 1.807) is 18.5 Å². The molecule has 0 aliphatic carbocycles. The van der Waals surface area contributed by atoms with Crippen molar-refractivity contribution in [2.75, 3.05) is 6.54 Å². The predicted molar refractivity (Wildman–Crippen MR) is 55.2 cm³/mol. The van der Waals surface area contributed by atoms with Gasteiger partial charge >= 0.3 is 6.18 Å². The summed E-state index contributed by atoms with van der Waals surface area (Å²) in [5.74, 6) is 0. The summed E-state index contributed by atoms with van der Waals surface area (Å²) in [4.78, 5) is 8.05. The molecule has 0 aliphatic rings. The van der Waals surface area contributed by atoms with Gasteiger partial charge < -0.3 is 5.32 Å². The lowest BCUT2D eigenvalue weighted by Gasteiger charge is -2.05. The van der Waals surface area contributed by atoms with E-state index in [9.17, 15) is 13.2 Å². The van der Waals surface area contributed by atoms with Crippen molar-refractivity contribution in [2.45, 2.75) is 12.7 Å². The van der Waals surface area contributed by atoms with Gasteiger partial charge in [-0.05, 0) is 6.07 Å². The van der Waals surface area contributed by atoms with Crippen molar-refractivity contribution >= 4 is 21.6 Å². The van der Waals surface area contributed by atoms with E-state index in [-0.39, 0.29) is 6.54 Å². The van der Waals surface area contributed by atoms with E-state index < -0.39 is 12.7 Å². The van der Waals surface area contributed by atoms with Gasteiger partial charge in [0, 0.05) is 12.7 Å². The van der Waals surface area contributed by atoms with Crippen LogP contribution in [0.4, 0.5) is 13.2 Å². The number of rotatable bonds is 3. The summed E-state index contributed by atoms with van der Waals surface area (Å²) < 4.78 is 36.5. The van der Waals surface area contributed by atoms with Gasteiger partial charge in [-0.25, -0.2) is 4.98 Å². The highest BCUT2D eigenvalue weighted by Gasteiger charge is 2.26. The molecule has 0 radical (unpaired) electrons. The molecule has 2 aromatic rings. The van der Waals surface area contributed by atoms with E-state index in [0.717, 1.165) is 10.2 Å². The number of halogens is 3. The Balaban J connectivity index is 2.00. The summed E-state index contributed by atoms with van der Waals surface area (Å²) in [6, 6.07) is 1.79. The fourth-order valence-electron chi connectivity index (χ4n) is 1.21. The topological polar surface area (TPSA) is 37.8 Å². The van der Waals surface area contributed by atoms with E-state index in [0.29, 0.717) is 5.01 Å². The van der Waals surface area contributed by atoms with E-state index in [1.807, 2.05) is 0 Å². The zero-order valence-electron chi connectivity index (χ0n) is 8.08. The van der Waals surface area contributed by atoms with Crippen molar-refractivity contribution in [1.29, 1.82) is 0 Å². The van der Waals surface area contributed by atoms with Crippen LogP contribution in [-0.2, 0) is 6.54 Å². The third kappa shape index (κ3) is 2.89. The van der Waals surface area contributed by atoms with E-state index in [1.165, 1.54) is 11.3 Å². The van der Waals surface area contributed by atoms with Gasteiger partial charge in [0.1, 0.15) is 5.01 Å². The molecule has 0 fully saturated rings. The minimum atomic E-state index is -4.18. The molecule has 0 aliphatic heterocycles. The first-order chi connectivity index (χ1) is 7.54. The largest absolute Gasteiger partial charge is 0.401 e. The average Bonchev–Trinajstić information content (AvgIpc) is 2.57.